The minimum absolute atomic E-state index is 0.00883. The first-order valence-electron chi connectivity index (χ1n) is 11.7. The number of alkyl halides is 3. The van der Waals surface area contributed by atoms with Crippen LogP contribution >= 0.6 is 0 Å². The van der Waals surface area contributed by atoms with Crippen LogP contribution in [-0.4, -0.2) is 34.1 Å². The van der Waals surface area contributed by atoms with E-state index in [0.29, 0.717) is 33.4 Å². The van der Waals surface area contributed by atoms with E-state index in [9.17, 15) is 32.7 Å². The lowest BCUT2D eigenvalue weighted by atomic mass is 10.1. The second-order valence-corrected chi connectivity index (χ2v) is 8.46. The van der Waals surface area contributed by atoms with Crippen molar-refractivity contribution in [3.8, 4) is 5.69 Å². The maximum absolute atomic E-state index is 12.9. The van der Waals surface area contributed by atoms with Gasteiger partial charge in [0.05, 0.1) is 28.8 Å². The van der Waals surface area contributed by atoms with Crippen molar-refractivity contribution in [1.29, 1.82) is 0 Å². The smallest absolute Gasteiger partial charge is 0.416 e. The van der Waals surface area contributed by atoms with Gasteiger partial charge >= 0.3 is 18.1 Å². The lowest BCUT2D eigenvalue weighted by Gasteiger charge is -2.10. The highest BCUT2D eigenvalue weighted by Gasteiger charge is 2.30. The number of ether oxygens (including phenoxy) is 1. The standard InChI is InChI=1S/C28H23F3N2O5/c1-2-38-27(37)18-7-10-21(11-8-18)33-16-23(26(35)36)22-15-20(9-12-24(22)33)32-25(34)13-6-17-4-3-5-19(14-17)28(29,30)31/h3-5,7-12,14-16H,2,6,13H2,1H3,(H,32,34)(H,35,36). The fraction of sp³-hybridized carbons (Fsp3) is 0.179. The van der Waals surface area contributed by atoms with Crippen LogP contribution in [0.5, 0.6) is 0 Å². The molecule has 7 nitrogen and oxygen atoms in total. The van der Waals surface area contributed by atoms with Gasteiger partial charge in [0.1, 0.15) is 0 Å². The van der Waals surface area contributed by atoms with E-state index in [4.69, 9.17) is 4.74 Å². The van der Waals surface area contributed by atoms with Gasteiger partial charge in [0, 0.05) is 29.4 Å². The quantitative estimate of drug-likeness (QED) is 0.272. The van der Waals surface area contributed by atoms with Gasteiger partial charge in [0.2, 0.25) is 5.91 Å². The summed E-state index contributed by atoms with van der Waals surface area (Å²) >= 11 is 0. The van der Waals surface area contributed by atoms with E-state index in [-0.39, 0.29) is 25.0 Å². The number of hydrogen-bond acceptors (Lipinski definition) is 4. The molecule has 0 unspecified atom stereocenters. The Morgan fingerprint density at radius 1 is 1.00 bits per heavy atom. The number of fused-ring (bicyclic) bond motifs is 1. The number of anilines is 1. The summed E-state index contributed by atoms with van der Waals surface area (Å²) < 4.78 is 45.4. The SMILES string of the molecule is CCOC(=O)c1ccc(-n2cc(C(=O)O)c3cc(NC(=O)CCc4cccc(C(F)(F)F)c4)ccc32)cc1. The molecule has 0 aliphatic rings. The zero-order chi connectivity index (χ0) is 27.4. The second kappa shape index (κ2) is 10.8. The maximum atomic E-state index is 12.9. The molecule has 38 heavy (non-hydrogen) atoms. The number of nitrogens with one attached hydrogen (secondary N) is 1. The molecule has 10 heteroatoms. The topological polar surface area (TPSA) is 97.6 Å². The van der Waals surface area contributed by atoms with Gasteiger partial charge in [-0.05, 0) is 67.4 Å². The number of carbonyl (C=O) groups excluding carboxylic acids is 2. The van der Waals surface area contributed by atoms with Gasteiger partial charge in [-0.2, -0.15) is 13.2 Å². The minimum Gasteiger partial charge on any atom is -0.478 e. The number of carboxylic acid groups (broad SMARTS) is 1. The summed E-state index contributed by atoms with van der Waals surface area (Å²) in [4.78, 5) is 36.3. The number of rotatable bonds is 8. The summed E-state index contributed by atoms with van der Waals surface area (Å²) in [6.45, 7) is 1.95. The number of nitrogens with zero attached hydrogens (tertiary/aromatic N) is 1. The third-order valence-electron chi connectivity index (χ3n) is 5.87. The fourth-order valence-corrected chi connectivity index (χ4v) is 4.05. The predicted molar refractivity (Wildman–Crippen MR) is 135 cm³/mol. The summed E-state index contributed by atoms with van der Waals surface area (Å²) in [5, 5.41) is 12.8. The van der Waals surface area contributed by atoms with Crippen molar-refractivity contribution in [3.05, 3.63) is 95.2 Å². The van der Waals surface area contributed by atoms with E-state index in [2.05, 4.69) is 5.32 Å². The predicted octanol–water partition coefficient (Wildman–Crippen LogP) is 6.10. The van der Waals surface area contributed by atoms with Crippen molar-refractivity contribution in [2.45, 2.75) is 25.9 Å². The van der Waals surface area contributed by atoms with Crippen LogP contribution in [0, 0.1) is 0 Å². The molecular formula is C28H23F3N2O5. The van der Waals surface area contributed by atoms with Crippen molar-refractivity contribution in [1.82, 2.24) is 4.57 Å². The number of amides is 1. The summed E-state index contributed by atoms with van der Waals surface area (Å²) in [6, 6.07) is 16.1. The summed E-state index contributed by atoms with van der Waals surface area (Å²) in [7, 11) is 0. The van der Waals surface area contributed by atoms with Crippen LogP contribution in [0.2, 0.25) is 0 Å². The van der Waals surface area contributed by atoms with Gasteiger partial charge in [-0.3, -0.25) is 4.79 Å². The first kappa shape index (κ1) is 26.5. The second-order valence-electron chi connectivity index (χ2n) is 8.46. The van der Waals surface area contributed by atoms with Crippen LogP contribution in [0.4, 0.5) is 18.9 Å². The number of carboxylic acids is 1. The van der Waals surface area contributed by atoms with Gasteiger partial charge in [-0.15, -0.1) is 0 Å². The third-order valence-corrected chi connectivity index (χ3v) is 5.87. The first-order valence-corrected chi connectivity index (χ1v) is 11.7. The summed E-state index contributed by atoms with van der Waals surface area (Å²) in [5.74, 6) is -2.05. The van der Waals surface area contributed by atoms with Crippen molar-refractivity contribution >= 4 is 34.4 Å². The van der Waals surface area contributed by atoms with Crippen LogP contribution in [0.1, 0.15) is 45.2 Å². The Labute approximate surface area is 215 Å². The molecule has 0 radical (unpaired) electrons. The highest BCUT2D eigenvalue weighted by molar-refractivity contribution is 6.06. The van der Waals surface area contributed by atoms with Crippen LogP contribution in [0.25, 0.3) is 16.6 Å². The van der Waals surface area contributed by atoms with E-state index >= 15 is 0 Å². The highest BCUT2D eigenvalue weighted by Crippen LogP contribution is 2.30. The number of halogens is 3. The summed E-state index contributed by atoms with van der Waals surface area (Å²) in [5.41, 5.74) is 1.51. The average molecular weight is 524 g/mol. The molecule has 3 aromatic carbocycles. The van der Waals surface area contributed by atoms with E-state index in [1.54, 1.807) is 47.9 Å². The fourth-order valence-electron chi connectivity index (χ4n) is 4.05. The van der Waals surface area contributed by atoms with Crippen LogP contribution in [0.3, 0.4) is 0 Å². The Morgan fingerprint density at radius 3 is 2.39 bits per heavy atom. The highest BCUT2D eigenvalue weighted by atomic mass is 19.4. The summed E-state index contributed by atoms with van der Waals surface area (Å²) in [6.07, 6.45) is -2.96. The third kappa shape index (κ3) is 5.86. The number of esters is 1. The Hall–Kier alpha value is -4.60. The number of aromatic nitrogens is 1. The Balaban J connectivity index is 1.53. The Morgan fingerprint density at radius 2 is 1.74 bits per heavy atom. The monoisotopic (exact) mass is 524 g/mol. The molecule has 196 valence electrons. The zero-order valence-corrected chi connectivity index (χ0v) is 20.2. The van der Waals surface area contributed by atoms with Gasteiger partial charge in [-0.25, -0.2) is 9.59 Å². The molecule has 4 rings (SSSR count). The molecule has 0 fully saturated rings. The Kier molecular flexibility index (Phi) is 7.52. The minimum atomic E-state index is -4.46. The van der Waals surface area contributed by atoms with E-state index in [1.807, 2.05) is 0 Å². The molecule has 1 heterocycles. The molecule has 0 aliphatic heterocycles. The molecule has 1 amide bonds. The molecule has 0 saturated carbocycles. The molecule has 1 aromatic heterocycles. The molecule has 4 aromatic rings. The molecule has 0 spiro atoms. The average Bonchev–Trinajstić information content (AvgIpc) is 3.26. The molecule has 0 aliphatic carbocycles. The lowest BCUT2D eigenvalue weighted by Crippen LogP contribution is -2.12. The van der Waals surface area contributed by atoms with Crippen LogP contribution in [0.15, 0.2) is 72.9 Å². The van der Waals surface area contributed by atoms with Gasteiger partial charge in [0.25, 0.3) is 0 Å². The van der Waals surface area contributed by atoms with Gasteiger partial charge < -0.3 is 19.7 Å². The molecular weight excluding hydrogens is 501 g/mol. The number of benzene rings is 3. The van der Waals surface area contributed by atoms with Crippen LogP contribution < -0.4 is 5.32 Å². The Bertz CT molecular complexity index is 1510. The maximum Gasteiger partial charge on any atom is 0.416 e. The largest absolute Gasteiger partial charge is 0.478 e. The van der Waals surface area contributed by atoms with E-state index < -0.39 is 29.6 Å². The van der Waals surface area contributed by atoms with Crippen molar-refractivity contribution in [3.63, 3.8) is 0 Å². The molecule has 0 atom stereocenters. The van der Waals surface area contributed by atoms with Gasteiger partial charge in [0.15, 0.2) is 0 Å². The van der Waals surface area contributed by atoms with E-state index in [1.165, 1.54) is 24.4 Å². The van der Waals surface area contributed by atoms with E-state index in [0.717, 1.165) is 12.1 Å². The normalized spacial score (nSPS) is 11.4. The van der Waals surface area contributed by atoms with Crippen molar-refractivity contribution in [2.75, 3.05) is 11.9 Å². The lowest BCUT2D eigenvalue weighted by molar-refractivity contribution is -0.137. The molecule has 0 saturated heterocycles. The number of carbonyl (C=O) groups is 3. The molecule has 2 N–H and O–H groups in total. The zero-order valence-electron chi connectivity index (χ0n) is 20.2. The number of hydrogen-bond donors (Lipinski definition) is 2. The van der Waals surface area contributed by atoms with Gasteiger partial charge in [-0.1, -0.05) is 18.2 Å². The first-order chi connectivity index (χ1) is 18.1. The van der Waals surface area contributed by atoms with Crippen LogP contribution in [-0.2, 0) is 22.1 Å². The number of aromatic carboxylic acids is 1. The van der Waals surface area contributed by atoms with Crippen molar-refractivity contribution < 1.29 is 37.4 Å². The van der Waals surface area contributed by atoms with Crippen molar-refractivity contribution in [2.24, 2.45) is 0 Å². The number of aryl methyl sites for hydroxylation is 1. The molecule has 0 bridgehead atoms.